The van der Waals surface area contributed by atoms with Gasteiger partial charge in [0.1, 0.15) is 5.82 Å². The van der Waals surface area contributed by atoms with Gasteiger partial charge in [-0.25, -0.2) is 4.39 Å². The summed E-state index contributed by atoms with van der Waals surface area (Å²) in [5.74, 6) is -0.207. The van der Waals surface area contributed by atoms with Crippen molar-refractivity contribution in [3.63, 3.8) is 0 Å². The quantitative estimate of drug-likeness (QED) is 0.719. The van der Waals surface area contributed by atoms with Gasteiger partial charge in [0.25, 0.3) is 0 Å². The minimum Gasteiger partial charge on any atom is -0.379 e. The van der Waals surface area contributed by atoms with Crippen LogP contribution in [0.25, 0.3) is 10.9 Å². The minimum atomic E-state index is -0.207. The first-order valence-electron chi connectivity index (χ1n) is 6.29. The standard InChI is InChI=1S/C16H15FN2/c1-11-5-6-16(14(17)9-11)19-10-12-3-2-4-15-13(12)7-8-18-15/h2-9,18-19H,10H2,1H3. The zero-order valence-electron chi connectivity index (χ0n) is 10.7. The SMILES string of the molecule is Cc1ccc(NCc2cccc3[nH]ccc23)c(F)c1. The predicted molar refractivity (Wildman–Crippen MR) is 76.8 cm³/mol. The van der Waals surface area contributed by atoms with E-state index in [0.29, 0.717) is 12.2 Å². The van der Waals surface area contributed by atoms with Crippen LogP contribution in [0.2, 0.25) is 0 Å². The number of hydrogen-bond acceptors (Lipinski definition) is 1. The van der Waals surface area contributed by atoms with Crippen LogP contribution in [0.1, 0.15) is 11.1 Å². The molecule has 2 N–H and O–H groups in total. The maximum absolute atomic E-state index is 13.7. The van der Waals surface area contributed by atoms with Crippen LogP contribution < -0.4 is 5.32 Å². The molecule has 2 aromatic carbocycles. The van der Waals surface area contributed by atoms with Gasteiger partial charge in [0.15, 0.2) is 0 Å². The van der Waals surface area contributed by atoms with Gasteiger partial charge in [-0.15, -0.1) is 0 Å². The number of benzene rings is 2. The first kappa shape index (κ1) is 11.8. The monoisotopic (exact) mass is 254 g/mol. The number of aryl methyl sites for hydroxylation is 1. The summed E-state index contributed by atoms with van der Waals surface area (Å²) in [7, 11) is 0. The van der Waals surface area contributed by atoms with E-state index in [9.17, 15) is 4.39 Å². The van der Waals surface area contributed by atoms with Crippen LogP contribution in [0.3, 0.4) is 0 Å². The van der Waals surface area contributed by atoms with Gasteiger partial charge in [-0.2, -0.15) is 0 Å². The Balaban J connectivity index is 1.84. The van der Waals surface area contributed by atoms with Gasteiger partial charge >= 0.3 is 0 Å². The molecule has 96 valence electrons. The van der Waals surface area contributed by atoms with E-state index in [4.69, 9.17) is 0 Å². The lowest BCUT2D eigenvalue weighted by atomic mass is 10.1. The average Bonchev–Trinajstić information content (AvgIpc) is 2.86. The van der Waals surface area contributed by atoms with Crippen molar-refractivity contribution in [1.29, 1.82) is 0 Å². The summed E-state index contributed by atoms with van der Waals surface area (Å²) in [5, 5.41) is 4.32. The van der Waals surface area contributed by atoms with E-state index < -0.39 is 0 Å². The molecule has 0 saturated heterocycles. The van der Waals surface area contributed by atoms with Gasteiger partial charge < -0.3 is 10.3 Å². The van der Waals surface area contributed by atoms with E-state index in [0.717, 1.165) is 16.6 Å². The largest absolute Gasteiger partial charge is 0.379 e. The minimum absolute atomic E-state index is 0.207. The molecule has 0 saturated carbocycles. The number of H-pyrrole nitrogens is 1. The Labute approximate surface area is 111 Å². The zero-order chi connectivity index (χ0) is 13.2. The van der Waals surface area contributed by atoms with E-state index in [1.165, 1.54) is 5.39 Å². The van der Waals surface area contributed by atoms with Gasteiger partial charge in [-0.05, 0) is 42.3 Å². The van der Waals surface area contributed by atoms with E-state index in [2.05, 4.69) is 16.4 Å². The molecule has 0 aliphatic heterocycles. The molecule has 1 aromatic heterocycles. The van der Waals surface area contributed by atoms with Crippen LogP contribution in [0.5, 0.6) is 0 Å². The van der Waals surface area contributed by atoms with Crippen molar-refractivity contribution in [2.75, 3.05) is 5.32 Å². The molecule has 0 bridgehead atoms. The van der Waals surface area contributed by atoms with Gasteiger partial charge in [-0.1, -0.05) is 18.2 Å². The molecule has 0 spiro atoms. The van der Waals surface area contributed by atoms with Gasteiger partial charge in [0, 0.05) is 23.6 Å². The van der Waals surface area contributed by atoms with Crippen molar-refractivity contribution >= 4 is 16.6 Å². The molecule has 3 aromatic rings. The fourth-order valence-corrected chi connectivity index (χ4v) is 2.26. The molecule has 0 unspecified atom stereocenters. The number of nitrogens with one attached hydrogen (secondary N) is 2. The fraction of sp³-hybridized carbons (Fsp3) is 0.125. The number of anilines is 1. The van der Waals surface area contributed by atoms with Crippen LogP contribution in [0.4, 0.5) is 10.1 Å². The fourth-order valence-electron chi connectivity index (χ4n) is 2.26. The van der Waals surface area contributed by atoms with E-state index >= 15 is 0 Å². The second-order valence-corrected chi connectivity index (χ2v) is 4.69. The molecule has 19 heavy (non-hydrogen) atoms. The summed E-state index contributed by atoms with van der Waals surface area (Å²) in [6, 6.07) is 13.4. The Morgan fingerprint density at radius 3 is 2.89 bits per heavy atom. The number of halogens is 1. The first-order chi connectivity index (χ1) is 9.24. The number of aromatic nitrogens is 1. The Morgan fingerprint density at radius 2 is 2.05 bits per heavy atom. The number of aromatic amines is 1. The van der Waals surface area contributed by atoms with Crippen LogP contribution in [0.15, 0.2) is 48.7 Å². The second-order valence-electron chi connectivity index (χ2n) is 4.69. The van der Waals surface area contributed by atoms with Crippen molar-refractivity contribution in [3.05, 3.63) is 65.6 Å². The molecule has 3 heteroatoms. The third kappa shape index (κ3) is 2.32. The lowest BCUT2D eigenvalue weighted by Crippen LogP contribution is -2.01. The Morgan fingerprint density at radius 1 is 1.16 bits per heavy atom. The van der Waals surface area contributed by atoms with E-state index in [1.807, 2.05) is 37.4 Å². The highest BCUT2D eigenvalue weighted by Crippen LogP contribution is 2.20. The maximum atomic E-state index is 13.7. The Hall–Kier alpha value is -2.29. The summed E-state index contributed by atoms with van der Waals surface area (Å²) >= 11 is 0. The van der Waals surface area contributed by atoms with Crippen molar-refractivity contribution in [2.45, 2.75) is 13.5 Å². The molecule has 3 rings (SSSR count). The molecule has 0 aliphatic rings. The number of fused-ring (bicyclic) bond motifs is 1. The predicted octanol–water partition coefficient (Wildman–Crippen LogP) is 4.23. The van der Waals surface area contributed by atoms with Crippen LogP contribution in [-0.2, 0) is 6.54 Å². The second kappa shape index (κ2) is 4.76. The van der Waals surface area contributed by atoms with E-state index in [-0.39, 0.29) is 5.82 Å². The van der Waals surface area contributed by atoms with Crippen molar-refractivity contribution in [1.82, 2.24) is 4.98 Å². The third-order valence-electron chi connectivity index (χ3n) is 3.28. The molecule has 0 aliphatic carbocycles. The van der Waals surface area contributed by atoms with Crippen LogP contribution in [-0.4, -0.2) is 4.98 Å². The van der Waals surface area contributed by atoms with Gasteiger partial charge in [0.05, 0.1) is 5.69 Å². The molecular formula is C16H15FN2. The van der Waals surface area contributed by atoms with Crippen molar-refractivity contribution < 1.29 is 4.39 Å². The summed E-state index contributed by atoms with van der Waals surface area (Å²) in [4.78, 5) is 3.18. The maximum Gasteiger partial charge on any atom is 0.146 e. The molecule has 0 atom stereocenters. The number of hydrogen-bond donors (Lipinski definition) is 2. The Bertz CT molecular complexity index is 716. The molecule has 0 radical (unpaired) electrons. The molecule has 0 fully saturated rings. The summed E-state index contributed by atoms with van der Waals surface area (Å²) in [6.07, 6.45) is 1.92. The van der Waals surface area contributed by atoms with Gasteiger partial charge in [0.2, 0.25) is 0 Å². The lowest BCUT2D eigenvalue weighted by molar-refractivity contribution is 0.629. The average molecular weight is 254 g/mol. The lowest BCUT2D eigenvalue weighted by Gasteiger charge is -2.09. The summed E-state index contributed by atoms with van der Waals surface area (Å²) in [6.45, 7) is 2.49. The third-order valence-corrected chi connectivity index (χ3v) is 3.28. The zero-order valence-corrected chi connectivity index (χ0v) is 10.7. The van der Waals surface area contributed by atoms with Gasteiger partial charge in [-0.3, -0.25) is 0 Å². The highest BCUT2D eigenvalue weighted by atomic mass is 19.1. The van der Waals surface area contributed by atoms with E-state index in [1.54, 1.807) is 12.1 Å². The van der Waals surface area contributed by atoms with Crippen molar-refractivity contribution in [2.24, 2.45) is 0 Å². The highest BCUT2D eigenvalue weighted by Gasteiger charge is 2.04. The topological polar surface area (TPSA) is 27.8 Å². The molecule has 0 amide bonds. The molecular weight excluding hydrogens is 239 g/mol. The summed E-state index contributed by atoms with van der Waals surface area (Å²) < 4.78 is 13.7. The van der Waals surface area contributed by atoms with Crippen molar-refractivity contribution in [3.8, 4) is 0 Å². The Kier molecular flexibility index (Phi) is 2.95. The molecule has 2 nitrogen and oxygen atoms in total. The van der Waals surface area contributed by atoms with Crippen LogP contribution in [0, 0.1) is 12.7 Å². The first-order valence-corrected chi connectivity index (χ1v) is 6.29. The van der Waals surface area contributed by atoms with Crippen LogP contribution >= 0.6 is 0 Å². The normalized spacial score (nSPS) is 10.8. The highest BCUT2D eigenvalue weighted by molar-refractivity contribution is 5.83. The smallest absolute Gasteiger partial charge is 0.146 e. The number of rotatable bonds is 3. The molecule has 1 heterocycles. The summed E-state index contributed by atoms with van der Waals surface area (Å²) in [5.41, 5.74) is 3.72.